The molecule has 27 heavy (non-hydrogen) atoms. The standard InChI is InChI=1S/C21H31N3O3/c1-12(2)18(19(25)22-11-17-4-13(3)24-27-17)23-20(26)21-8-14-5-15(9-21)7-16(6-14)10-21/h4,12,14-16,18H,5-11H2,1-3H3,(H,22,25)(H,23,26)/t14?,15?,16?,18-,21?/m1/s1. The van der Waals surface area contributed by atoms with Crippen molar-refractivity contribution in [1.29, 1.82) is 0 Å². The van der Waals surface area contributed by atoms with E-state index in [0.717, 1.165) is 25.0 Å². The first-order valence-corrected chi connectivity index (χ1v) is 10.4. The van der Waals surface area contributed by atoms with E-state index in [1.54, 1.807) is 6.07 Å². The Labute approximate surface area is 160 Å². The lowest BCUT2D eigenvalue weighted by Gasteiger charge is -2.55. The smallest absolute Gasteiger partial charge is 0.243 e. The molecule has 1 atom stereocenters. The quantitative estimate of drug-likeness (QED) is 0.803. The van der Waals surface area contributed by atoms with Gasteiger partial charge in [0.2, 0.25) is 11.8 Å². The largest absolute Gasteiger partial charge is 0.359 e. The summed E-state index contributed by atoms with van der Waals surface area (Å²) < 4.78 is 5.15. The molecule has 0 aliphatic heterocycles. The van der Waals surface area contributed by atoms with Crippen LogP contribution in [0.3, 0.4) is 0 Å². The Morgan fingerprint density at radius 2 is 1.78 bits per heavy atom. The number of rotatable bonds is 6. The first kappa shape index (κ1) is 18.5. The molecule has 4 fully saturated rings. The van der Waals surface area contributed by atoms with Crippen molar-refractivity contribution in [3.63, 3.8) is 0 Å². The maximum Gasteiger partial charge on any atom is 0.243 e. The van der Waals surface area contributed by atoms with E-state index in [9.17, 15) is 9.59 Å². The van der Waals surface area contributed by atoms with Gasteiger partial charge in [-0.05, 0) is 69.1 Å². The van der Waals surface area contributed by atoms with E-state index in [4.69, 9.17) is 4.52 Å². The Morgan fingerprint density at radius 1 is 1.19 bits per heavy atom. The molecule has 6 nitrogen and oxygen atoms in total. The summed E-state index contributed by atoms with van der Waals surface area (Å²) in [6, 6.07) is 1.29. The fraction of sp³-hybridized carbons (Fsp3) is 0.762. The number of nitrogens with one attached hydrogen (secondary N) is 2. The van der Waals surface area contributed by atoms with Gasteiger partial charge in [-0.15, -0.1) is 0 Å². The van der Waals surface area contributed by atoms with Gasteiger partial charge in [-0.1, -0.05) is 19.0 Å². The molecule has 0 unspecified atom stereocenters. The van der Waals surface area contributed by atoms with Crippen LogP contribution in [-0.4, -0.2) is 23.0 Å². The van der Waals surface area contributed by atoms with Crippen LogP contribution < -0.4 is 10.6 Å². The van der Waals surface area contributed by atoms with E-state index >= 15 is 0 Å². The van der Waals surface area contributed by atoms with Crippen molar-refractivity contribution in [2.24, 2.45) is 29.1 Å². The summed E-state index contributed by atoms with van der Waals surface area (Å²) >= 11 is 0. The minimum absolute atomic E-state index is 0.0272. The maximum atomic E-state index is 13.3. The Hall–Kier alpha value is -1.85. The maximum absolute atomic E-state index is 13.3. The van der Waals surface area contributed by atoms with Gasteiger partial charge in [0.05, 0.1) is 12.2 Å². The van der Waals surface area contributed by atoms with Crippen molar-refractivity contribution in [1.82, 2.24) is 15.8 Å². The second-order valence-corrected chi connectivity index (χ2v) is 9.55. The summed E-state index contributed by atoms with van der Waals surface area (Å²) in [5, 5.41) is 9.84. The second kappa shape index (κ2) is 6.95. The molecule has 0 aromatic carbocycles. The molecule has 6 heteroatoms. The molecule has 0 radical (unpaired) electrons. The molecular weight excluding hydrogens is 342 g/mol. The lowest BCUT2D eigenvalue weighted by Crippen LogP contribution is -2.58. The molecule has 2 amide bonds. The molecule has 0 saturated heterocycles. The monoisotopic (exact) mass is 373 g/mol. The Balaban J connectivity index is 1.40. The zero-order valence-electron chi connectivity index (χ0n) is 16.6. The minimum Gasteiger partial charge on any atom is -0.359 e. The van der Waals surface area contributed by atoms with Crippen LogP contribution in [0.2, 0.25) is 0 Å². The number of hydrogen-bond acceptors (Lipinski definition) is 4. The predicted octanol–water partition coefficient (Wildman–Crippen LogP) is 2.96. The van der Waals surface area contributed by atoms with Crippen LogP contribution in [-0.2, 0) is 16.1 Å². The Morgan fingerprint density at radius 3 is 2.26 bits per heavy atom. The highest BCUT2D eigenvalue weighted by Crippen LogP contribution is 2.60. The van der Waals surface area contributed by atoms with Crippen LogP contribution in [0.5, 0.6) is 0 Å². The first-order valence-electron chi connectivity index (χ1n) is 10.4. The Bertz CT molecular complexity index is 689. The van der Waals surface area contributed by atoms with Crippen molar-refractivity contribution in [3.8, 4) is 0 Å². The third-order valence-corrected chi connectivity index (χ3v) is 6.87. The zero-order chi connectivity index (χ0) is 19.2. The Kier molecular flexibility index (Phi) is 4.77. The highest BCUT2D eigenvalue weighted by atomic mass is 16.5. The molecule has 4 bridgehead atoms. The van der Waals surface area contributed by atoms with E-state index in [1.807, 2.05) is 20.8 Å². The van der Waals surface area contributed by atoms with Crippen molar-refractivity contribution in [3.05, 3.63) is 17.5 Å². The van der Waals surface area contributed by atoms with E-state index in [-0.39, 0.29) is 29.7 Å². The topological polar surface area (TPSA) is 84.2 Å². The lowest BCUT2D eigenvalue weighted by atomic mass is 9.49. The molecule has 1 aromatic rings. The van der Waals surface area contributed by atoms with Gasteiger partial charge in [-0.2, -0.15) is 0 Å². The first-order chi connectivity index (χ1) is 12.8. The molecule has 5 rings (SSSR count). The molecule has 148 valence electrons. The summed E-state index contributed by atoms with van der Waals surface area (Å²) in [5.41, 5.74) is 0.555. The SMILES string of the molecule is Cc1cc(CNC(=O)[C@H](NC(=O)C23CC4CC(CC(C4)C2)C3)C(C)C)on1. The molecule has 2 N–H and O–H groups in total. The van der Waals surface area contributed by atoms with Gasteiger partial charge >= 0.3 is 0 Å². The molecule has 1 aromatic heterocycles. The zero-order valence-corrected chi connectivity index (χ0v) is 16.6. The summed E-state index contributed by atoms with van der Waals surface area (Å²) in [7, 11) is 0. The van der Waals surface area contributed by atoms with Gasteiger partial charge in [0.15, 0.2) is 5.76 Å². The van der Waals surface area contributed by atoms with Crippen LogP contribution in [0.1, 0.15) is 63.8 Å². The lowest BCUT2D eigenvalue weighted by molar-refractivity contribution is -0.149. The number of aryl methyl sites for hydroxylation is 1. The number of aromatic nitrogens is 1. The third kappa shape index (κ3) is 3.63. The molecule has 1 heterocycles. The van der Waals surface area contributed by atoms with E-state index in [1.165, 1.54) is 19.3 Å². The number of carbonyl (C=O) groups excluding carboxylic acids is 2. The summed E-state index contributed by atoms with van der Waals surface area (Å²) in [5.74, 6) is 2.73. The van der Waals surface area contributed by atoms with Crippen LogP contribution in [0.25, 0.3) is 0 Å². The molecule has 4 aliphatic rings. The third-order valence-electron chi connectivity index (χ3n) is 6.87. The average molecular weight is 373 g/mol. The van der Waals surface area contributed by atoms with Gasteiger partial charge in [0.25, 0.3) is 0 Å². The second-order valence-electron chi connectivity index (χ2n) is 9.55. The number of amides is 2. The van der Waals surface area contributed by atoms with E-state index in [0.29, 0.717) is 23.5 Å². The molecular formula is C21H31N3O3. The molecule has 4 saturated carbocycles. The van der Waals surface area contributed by atoms with Crippen LogP contribution in [0.15, 0.2) is 10.6 Å². The van der Waals surface area contributed by atoms with Crippen LogP contribution in [0.4, 0.5) is 0 Å². The van der Waals surface area contributed by atoms with Crippen molar-refractivity contribution < 1.29 is 14.1 Å². The van der Waals surface area contributed by atoms with Gasteiger partial charge in [0.1, 0.15) is 6.04 Å². The van der Waals surface area contributed by atoms with E-state index < -0.39 is 6.04 Å². The number of hydrogen-bond donors (Lipinski definition) is 2. The van der Waals surface area contributed by atoms with Crippen LogP contribution >= 0.6 is 0 Å². The molecule has 0 spiro atoms. The summed E-state index contributed by atoms with van der Waals surface area (Å²) in [6.45, 7) is 6.08. The van der Waals surface area contributed by atoms with Crippen molar-refractivity contribution >= 4 is 11.8 Å². The molecule has 4 aliphatic carbocycles. The highest BCUT2D eigenvalue weighted by Gasteiger charge is 2.55. The summed E-state index contributed by atoms with van der Waals surface area (Å²) in [4.78, 5) is 26.0. The summed E-state index contributed by atoms with van der Waals surface area (Å²) in [6.07, 6.45) is 6.93. The van der Waals surface area contributed by atoms with Gasteiger partial charge < -0.3 is 15.2 Å². The number of nitrogens with zero attached hydrogens (tertiary/aromatic N) is 1. The fourth-order valence-corrected chi connectivity index (χ4v) is 6.00. The van der Waals surface area contributed by atoms with Crippen molar-refractivity contribution in [2.45, 2.75) is 71.9 Å². The van der Waals surface area contributed by atoms with Gasteiger partial charge in [-0.3, -0.25) is 9.59 Å². The fourth-order valence-electron chi connectivity index (χ4n) is 6.00. The van der Waals surface area contributed by atoms with Crippen LogP contribution in [0, 0.1) is 36.0 Å². The normalized spacial score (nSPS) is 32.5. The highest BCUT2D eigenvalue weighted by molar-refractivity contribution is 5.90. The van der Waals surface area contributed by atoms with Gasteiger partial charge in [-0.25, -0.2) is 0 Å². The minimum atomic E-state index is -0.519. The number of carbonyl (C=O) groups is 2. The predicted molar refractivity (Wildman–Crippen MR) is 100 cm³/mol. The van der Waals surface area contributed by atoms with Gasteiger partial charge in [0, 0.05) is 11.5 Å². The van der Waals surface area contributed by atoms with E-state index in [2.05, 4.69) is 15.8 Å². The van der Waals surface area contributed by atoms with Crippen molar-refractivity contribution in [2.75, 3.05) is 0 Å². The average Bonchev–Trinajstić information content (AvgIpc) is 3.01.